The largest absolute Gasteiger partial charge is 0.462 e. The molecule has 0 N–H and O–H groups in total. The van der Waals surface area contributed by atoms with Crippen molar-refractivity contribution >= 4 is 17.9 Å². The highest BCUT2D eigenvalue weighted by Gasteiger charge is 2.19. The molecule has 0 aliphatic rings. The van der Waals surface area contributed by atoms with Crippen LogP contribution in [0.3, 0.4) is 0 Å². The normalized spacial score (nSPS) is 12.9. The zero-order chi connectivity index (χ0) is 54.3. The number of allylic oxidation sites excluding steroid dienone is 19. The molecule has 0 heterocycles. The summed E-state index contributed by atoms with van der Waals surface area (Å²) in [4.78, 5) is 38.2. The molecule has 0 aromatic carbocycles. The highest BCUT2D eigenvalue weighted by atomic mass is 16.6. The van der Waals surface area contributed by atoms with Crippen LogP contribution < -0.4 is 0 Å². The Morgan fingerprint density at radius 3 is 0.933 bits per heavy atom. The lowest BCUT2D eigenvalue weighted by molar-refractivity contribution is -0.166. The summed E-state index contributed by atoms with van der Waals surface area (Å²) < 4.78 is 16.8. The summed E-state index contributed by atoms with van der Waals surface area (Å²) in [6.45, 7) is 6.34. The van der Waals surface area contributed by atoms with Crippen LogP contribution in [0.2, 0.25) is 0 Å². The first-order valence-corrected chi connectivity index (χ1v) is 31.0. The van der Waals surface area contributed by atoms with Gasteiger partial charge < -0.3 is 14.2 Å². The van der Waals surface area contributed by atoms with Crippen LogP contribution in [0.15, 0.2) is 122 Å². The van der Waals surface area contributed by atoms with Gasteiger partial charge in [-0.2, -0.15) is 0 Å². The molecule has 0 spiro atoms. The van der Waals surface area contributed by atoms with Gasteiger partial charge in [-0.15, -0.1) is 0 Å². The minimum absolute atomic E-state index is 0.111. The van der Waals surface area contributed by atoms with Crippen molar-refractivity contribution in [1.82, 2.24) is 0 Å². The summed E-state index contributed by atoms with van der Waals surface area (Å²) in [6, 6.07) is 0. The Bertz CT molecular complexity index is 1570. The number of carbonyl (C=O) groups is 3. The molecule has 426 valence electrons. The number of ether oxygens (including phenoxy) is 3. The summed E-state index contributed by atoms with van der Waals surface area (Å²) in [5.41, 5.74) is 0. The molecular formula is C69H114O6. The Balaban J connectivity index is 4.43. The van der Waals surface area contributed by atoms with Crippen LogP contribution in [0.5, 0.6) is 0 Å². The van der Waals surface area contributed by atoms with E-state index in [1.165, 1.54) is 128 Å². The molecule has 6 heteroatoms. The van der Waals surface area contributed by atoms with E-state index in [1.807, 2.05) is 6.08 Å². The van der Waals surface area contributed by atoms with E-state index in [0.29, 0.717) is 12.8 Å². The van der Waals surface area contributed by atoms with Crippen LogP contribution in [0.25, 0.3) is 0 Å². The Morgan fingerprint density at radius 1 is 0.293 bits per heavy atom. The minimum Gasteiger partial charge on any atom is -0.462 e. The van der Waals surface area contributed by atoms with Crippen LogP contribution >= 0.6 is 0 Å². The van der Waals surface area contributed by atoms with Crippen LogP contribution in [0.4, 0.5) is 0 Å². The molecule has 6 nitrogen and oxygen atoms in total. The third-order valence-corrected chi connectivity index (χ3v) is 13.0. The van der Waals surface area contributed by atoms with Crippen molar-refractivity contribution in [1.29, 1.82) is 0 Å². The van der Waals surface area contributed by atoms with E-state index in [4.69, 9.17) is 14.2 Å². The molecule has 0 saturated carbocycles. The molecule has 0 radical (unpaired) electrons. The first kappa shape index (κ1) is 70.8. The van der Waals surface area contributed by atoms with Gasteiger partial charge in [0, 0.05) is 12.8 Å². The monoisotopic (exact) mass is 1040 g/mol. The molecule has 0 amide bonds. The SMILES string of the molecule is CC/C=C\C/C=C\C/C=C\C/C=C\C/C=C\CCCCCCCCCCCC(=O)OCC(COC(=O)C/C=C\C/C=C\C/C=C\C/C=C\C/C=C\CC)OC(=O)CCCCCCCCCCCCCCCCCCC. The van der Waals surface area contributed by atoms with Crippen LogP contribution in [0.1, 0.15) is 278 Å². The van der Waals surface area contributed by atoms with Gasteiger partial charge in [0.15, 0.2) is 6.10 Å². The Morgan fingerprint density at radius 2 is 0.573 bits per heavy atom. The highest BCUT2D eigenvalue weighted by Crippen LogP contribution is 2.16. The van der Waals surface area contributed by atoms with Gasteiger partial charge in [0.1, 0.15) is 13.2 Å². The Kier molecular flexibility index (Phi) is 58.9. The minimum atomic E-state index is -0.823. The fraction of sp³-hybridized carbons (Fsp3) is 0.667. The zero-order valence-corrected chi connectivity index (χ0v) is 48.8. The summed E-state index contributed by atoms with van der Waals surface area (Å²) in [5, 5.41) is 0. The highest BCUT2D eigenvalue weighted by molar-refractivity contribution is 5.72. The molecule has 0 rings (SSSR count). The van der Waals surface area contributed by atoms with Crippen molar-refractivity contribution in [3.8, 4) is 0 Å². The van der Waals surface area contributed by atoms with E-state index in [-0.39, 0.29) is 31.6 Å². The molecular weight excluding hydrogens is 925 g/mol. The van der Waals surface area contributed by atoms with Gasteiger partial charge >= 0.3 is 17.9 Å². The predicted octanol–water partition coefficient (Wildman–Crippen LogP) is 21.2. The van der Waals surface area contributed by atoms with Gasteiger partial charge in [0.2, 0.25) is 0 Å². The van der Waals surface area contributed by atoms with E-state index in [2.05, 4.69) is 130 Å². The van der Waals surface area contributed by atoms with Crippen molar-refractivity contribution in [2.24, 2.45) is 0 Å². The van der Waals surface area contributed by atoms with Crippen LogP contribution in [0, 0.1) is 0 Å². The number of unbranched alkanes of at least 4 members (excludes halogenated alkanes) is 25. The van der Waals surface area contributed by atoms with Gasteiger partial charge in [-0.3, -0.25) is 14.4 Å². The topological polar surface area (TPSA) is 78.9 Å². The Labute approximate surface area is 462 Å². The van der Waals surface area contributed by atoms with Crippen LogP contribution in [-0.2, 0) is 28.6 Å². The smallest absolute Gasteiger partial charge is 0.309 e. The third-order valence-electron chi connectivity index (χ3n) is 13.0. The van der Waals surface area contributed by atoms with Crippen molar-refractivity contribution in [2.45, 2.75) is 284 Å². The fourth-order valence-electron chi connectivity index (χ4n) is 8.43. The van der Waals surface area contributed by atoms with Crippen LogP contribution in [-0.4, -0.2) is 37.2 Å². The average Bonchev–Trinajstić information content (AvgIpc) is 3.41. The van der Waals surface area contributed by atoms with Gasteiger partial charge in [0.05, 0.1) is 6.42 Å². The Hall–Kier alpha value is -4.19. The van der Waals surface area contributed by atoms with Gasteiger partial charge in [-0.25, -0.2) is 0 Å². The lowest BCUT2D eigenvalue weighted by Gasteiger charge is -2.18. The molecule has 0 aliphatic heterocycles. The predicted molar refractivity (Wildman–Crippen MR) is 325 cm³/mol. The van der Waals surface area contributed by atoms with E-state index in [9.17, 15) is 14.4 Å². The maximum atomic E-state index is 12.9. The quantitative estimate of drug-likeness (QED) is 0.0261. The van der Waals surface area contributed by atoms with Crippen molar-refractivity contribution in [3.63, 3.8) is 0 Å². The summed E-state index contributed by atoms with van der Waals surface area (Å²) in [7, 11) is 0. The standard InChI is InChI=1S/C69H114O6/c1-4-7-10-13-16-19-22-25-28-30-31-32-33-34-35-36-37-39-41-44-47-50-53-56-59-62-68(71)74-65-66(64-73-67(70)61-58-55-52-49-46-43-40-27-24-21-18-15-12-9-6-3)75-69(72)63-60-57-54-51-48-45-42-38-29-26-23-20-17-14-11-8-5-2/h7,9-10,12,16,18-19,21,25,27-28,31-32,34-35,40,46,49,55,58,66H,4-6,8,11,13-15,17,20,22-24,26,29-30,33,36-39,41-45,47-48,50-54,56-57,59-65H2,1-3H3/b10-7-,12-9-,19-16-,21-18-,28-25-,32-31-,35-34-,40-27-,49-46-,58-55-. The molecule has 1 atom stereocenters. The van der Waals surface area contributed by atoms with Gasteiger partial charge in [-0.05, 0) is 89.9 Å². The molecule has 75 heavy (non-hydrogen) atoms. The van der Waals surface area contributed by atoms with E-state index in [0.717, 1.165) is 109 Å². The number of rotatable bonds is 55. The van der Waals surface area contributed by atoms with Gasteiger partial charge in [0.25, 0.3) is 0 Å². The summed E-state index contributed by atoms with van der Waals surface area (Å²) >= 11 is 0. The second-order valence-corrected chi connectivity index (χ2v) is 20.2. The fourth-order valence-corrected chi connectivity index (χ4v) is 8.43. The zero-order valence-electron chi connectivity index (χ0n) is 48.8. The van der Waals surface area contributed by atoms with E-state index >= 15 is 0 Å². The molecule has 0 fully saturated rings. The molecule has 0 aliphatic carbocycles. The molecule has 0 saturated heterocycles. The second-order valence-electron chi connectivity index (χ2n) is 20.2. The average molecular weight is 1040 g/mol. The van der Waals surface area contributed by atoms with E-state index in [1.54, 1.807) is 6.08 Å². The summed E-state index contributed by atoms with van der Waals surface area (Å²) in [6.07, 6.45) is 86.5. The summed E-state index contributed by atoms with van der Waals surface area (Å²) in [5.74, 6) is -1.05. The first-order valence-electron chi connectivity index (χ1n) is 31.0. The molecule has 0 bridgehead atoms. The van der Waals surface area contributed by atoms with Crippen molar-refractivity contribution in [2.75, 3.05) is 13.2 Å². The third kappa shape index (κ3) is 60.6. The molecule has 0 aromatic heterocycles. The maximum Gasteiger partial charge on any atom is 0.309 e. The first-order chi connectivity index (χ1) is 37.0. The maximum absolute atomic E-state index is 12.9. The second kappa shape index (κ2) is 62.4. The number of hydrogen-bond donors (Lipinski definition) is 0. The number of hydrogen-bond acceptors (Lipinski definition) is 6. The van der Waals surface area contributed by atoms with E-state index < -0.39 is 12.1 Å². The van der Waals surface area contributed by atoms with Gasteiger partial charge in [-0.1, -0.05) is 290 Å². The molecule has 0 aromatic rings. The molecule has 1 unspecified atom stereocenters. The lowest BCUT2D eigenvalue weighted by Crippen LogP contribution is -2.30. The van der Waals surface area contributed by atoms with Crippen molar-refractivity contribution < 1.29 is 28.6 Å². The lowest BCUT2D eigenvalue weighted by atomic mass is 10.0. The van der Waals surface area contributed by atoms with Crippen molar-refractivity contribution in [3.05, 3.63) is 122 Å². The number of carbonyl (C=O) groups excluding carboxylic acids is 3. The number of esters is 3.